The number of Topliss-reactive ketones (excluding diaryl/α,β-unsaturated/α-hetero) is 1. The Balaban J connectivity index is 1.44. The summed E-state index contributed by atoms with van der Waals surface area (Å²) in [5, 5.41) is 12.3. The van der Waals surface area contributed by atoms with Crippen LogP contribution in [0.5, 0.6) is 0 Å². The van der Waals surface area contributed by atoms with E-state index in [9.17, 15) is 9.59 Å². The third kappa shape index (κ3) is 7.04. The zero-order chi connectivity index (χ0) is 24.6. The highest BCUT2D eigenvalue weighted by molar-refractivity contribution is 9.10. The highest BCUT2D eigenvalue weighted by Crippen LogP contribution is 2.33. The Bertz CT molecular complexity index is 1140. The van der Waals surface area contributed by atoms with Crippen molar-refractivity contribution in [2.24, 2.45) is 0 Å². The molecule has 1 amide bonds. The van der Waals surface area contributed by atoms with Crippen molar-refractivity contribution in [3.63, 3.8) is 0 Å². The van der Waals surface area contributed by atoms with Gasteiger partial charge in [0.2, 0.25) is 5.91 Å². The van der Waals surface area contributed by atoms with Gasteiger partial charge in [0.05, 0.1) is 5.75 Å². The standard InChI is InChI=1S/C27H31BrN4O2S/c1-19(33)29-17-5-8-26-30-31-27(32(26)24-15-13-23(28)14-16-24)35-18-25(34)22-11-9-21(10-12-22)20-6-3-2-4-7-20/h9-16,20H,2-8,17-18H2,1H3,(H,29,33). The zero-order valence-electron chi connectivity index (χ0n) is 20.0. The monoisotopic (exact) mass is 554 g/mol. The normalized spacial score (nSPS) is 14.1. The molecule has 1 heterocycles. The summed E-state index contributed by atoms with van der Waals surface area (Å²) in [6.07, 6.45) is 7.87. The zero-order valence-corrected chi connectivity index (χ0v) is 22.4. The molecule has 0 saturated heterocycles. The van der Waals surface area contributed by atoms with Crippen molar-refractivity contribution in [2.75, 3.05) is 12.3 Å². The molecule has 0 aliphatic heterocycles. The maximum absolute atomic E-state index is 13.0. The second-order valence-electron chi connectivity index (χ2n) is 8.97. The number of hydrogen-bond donors (Lipinski definition) is 1. The maximum atomic E-state index is 13.0. The first kappa shape index (κ1) is 25.6. The van der Waals surface area contributed by atoms with Gasteiger partial charge in [-0.25, -0.2) is 0 Å². The molecule has 1 N–H and O–H groups in total. The molecule has 1 fully saturated rings. The molecule has 35 heavy (non-hydrogen) atoms. The molecule has 1 aromatic heterocycles. The van der Waals surface area contributed by atoms with Gasteiger partial charge in [-0.15, -0.1) is 10.2 Å². The number of benzene rings is 2. The van der Waals surface area contributed by atoms with E-state index in [-0.39, 0.29) is 11.7 Å². The number of rotatable bonds is 10. The van der Waals surface area contributed by atoms with E-state index in [1.807, 2.05) is 41.0 Å². The summed E-state index contributed by atoms with van der Waals surface area (Å²) in [5.74, 6) is 1.78. The topological polar surface area (TPSA) is 76.9 Å². The van der Waals surface area contributed by atoms with Crippen LogP contribution < -0.4 is 5.32 Å². The van der Waals surface area contributed by atoms with Crippen LogP contribution in [-0.2, 0) is 11.2 Å². The fraction of sp³-hybridized carbons (Fsp3) is 0.407. The highest BCUT2D eigenvalue weighted by atomic mass is 79.9. The van der Waals surface area contributed by atoms with E-state index < -0.39 is 0 Å². The molecule has 1 saturated carbocycles. The predicted molar refractivity (Wildman–Crippen MR) is 143 cm³/mol. The molecule has 6 nitrogen and oxygen atoms in total. The summed E-state index contributed by atoms with van der Waals surface area (Å²) >= 11 is 4.89. The Kier molecular flexibility index (Phi) is 9.15. The minimum Gasteiger partial charge on any atom is -0.356 e. The van der Waals surface area contributed by atoms with Gasteiger partial charge in [-0.2, -0.15) is 0 Å². The van der Waals surface area contributed by atoms with Crippen LogP contribution in [-0.4, -0.2) is 38.8 Å². The van der Waals surface area contributed by atoms with Gasteiger partial charge in [0, 0.05) is 35.6 Å². The van der Waals surface area contributed by atoms with Crippen LogP contribution in [0.2, 0.25) is 0 Å². The number of carbonyl (C=O) groups is 2. The molecular formula is C27H31BrN4O2S. The Labute approximate surface area is 219 Å². The molecule has 2 aromatic carbocycles. The number of ketones is 1. The summed E-state index contributed by atoms with van der Waals surface area (Å²) in [6, 6.07) is 16.2. The van der Waals surface area contributed by atoms with Crippen molar-refractivity contribution in [1.82, 2.24) is 20.1 Å². The first-order chi connectivity index (χ1) is 17.0. The van der Waals surface area contributed by atoms with Gasteiger partial charge in [-0.1, -0.05) is 71.2 Å². The molecule has 1 aliphatic carbocycles. The quantitative estimate of drug-likeness (QED) is 0.185. The number of thioether (sulfide) groups is 1. The van der Waals surface area contributed by atoms with Gasteiger partial charge in [0.25, 0.3) is 0 Å². The minimum atomic E-state index is -0.0408. The fourth-order valence-corrected chi connectivity index (χ4v) is 5.64. The summed E-state index contributed by atoms with van der Waals surface area (Å²) in [6.45, 7) is 2.10. The summed E-state index contributed by atoms with van der Waals surface area (Å²) < 4.78 is 2.99. The van der Waals surface area contributed by atoms with Gasteiger partial charge in [-0.3, -0.25) is 14.2 Å². The summed E-state index contributed by atoms with van der Waals surface area (Å²) in [7, 11) is 0. The summed E-state index contributed by atoms with van der Waals surface area (Å²) in [4.78, 5) is 24.1. The Morgan fingerprint density at radius 3 is 2.43 bits per heavy atom. The number of nitrogens with one attached hydrogen (secondary N) is 1. The van der Waals surface area contributed by atoms with E-state index in [1.165, 1.54) is 56.4 Å². The SMILES string of the molecule is CC(=O)NCCCc1nnc(SCC(=O)c2ccc(C3CCCCC3)cc2)n1-c1ccc(Br)cc1. The number of amides is 1. The molecule has 0 spiro atoms. The van der Waals surface area contributed by atoms with Crippen LogP contribution in [0.1, 0.15) is 73.1 Å². The van der Waals surface area contributed by atoms with E-state index in [2.05, 4.69) is 43.6 Å². The largest absolute Gasteiger partial charge is 0.356 e. The molecule has 8 heteroatoms. The van der Waals surface area contributed by atoms with E-state index in [1.54, 1.807) is 0 Å². The predicted octanol–water partition coefficient (Wildman–Crippen LogP) is 6.12. The average Bonchev–Trinajstić information content (AvgIpc) is 3.29. The lowest BCUT2D eigenvalue weighted by Crippen LogP contribution is -2.21. The molecule has 0 radical (unpaired) electrons. The Morgan fingerprint density at radius 2 is 1.74 bits per heavy atom. The van der Waals surface area contributed by atoms with Gasteiger partial charge in [-0.05, 0) is 55.0 Å². The third-order valence-electron chi connectivity index (χ3n) is 6.38. The molecule has 3 aromatic rings. The fourth-order valence-electron chi connectivity index (χ4n) is 4.51. The van der Waals surface area contributed by atoms with Crippen molar-refractivity contribution < 1.29 is 9.59 Å². The number of nitrogens with zero attached hydrogens (tertiary/aromatic N) is 3. The van der Waals surface area contributed by atoms with E-state index in [0.717, 1.165) is 28.0 Å². The van der Waals surface area contributed by atoms with Crippen LogP contribution in [0.15, 0.2) is 58.2 Å². The number of aryl methyl sites for hydroxylation is 1. The number of carbonyl (C=O) groups excluding carboxylic acids is 2. The van der Waals surface area contributed by atoms with Crippen LogP contribution in [0.25, 0.3) is 5.69 Å². The molecule has 0 unspecified atom stereocenters. The lowest BCUT2D eigenvalue weighted by molar-refractivity contribution is -0.118. The smallest absolute Gasteiger partial charge is 0.216 e. The summed E-state index contributed by atoms with van der Waals surface area (Å²) in [5.41, 5.74) is 3.04. The molecular weight excluding hydrogens is 524 g/mol. The van der Waals surface area contributed by atoms with Crippen molar-refractivity contribution in [1.29, 1.82) is 0 Å². The molecule has 1 aliphatic rings. The van der Waals surface area contributed by atoms with Crippen LogP contribution >= 0.6 is 27.7 Å². The number of hydrogen-bond acceptors (Lipinski definition) is 5. The Hall–Kier alpha value is -2.45. The van der Waals surface area contributed by atoms with Gasteiger partial charge in [0.15, 0.2) is 10.9 Å². The molecule has 0 atom stereocenters. The molecule has 0 bridgehead atoms. The van der Waals surface area contributed by atoms with Gasteiger partial charge >= 0.3 is 0 Å². The van der Waals surface area contributed by atoms with Gasteiger partial charge < -0.3 is 5.32 Å². The third-order valence-corrected chi connectivity index (χ3v) is 7.84. The van der Waals surface area contributed by atoms with Crippen molar-refractivity contribution >= 4 is 39.4 Å². The van der Waals surface area contributed by atoms with E-state index in [0.29, 0.717) is 29.8 Å². The lowest BCUT2D eigenvalue weighted by atomic mass is 9.84. The van der Waals surface area contributed by atoms with Crippen LogP contribution in [0, 0.1) is 0 Å². The van der Waals surface area contributed by atoms with Crippen molar-refractivity contribution in [3.05, 3.63) is 70.0 Å². The molecule has 4 rings (SSSR count). The first-order valence-corrected chi connectivity index (χ1v) is 14.0. The minimum absolute atomic E-state index is 0.0408. The average molecular weight is 556 g/mol. The van der Waals surface area contributed by atoms with Crippen LogP contribution in [0.3, 0.4) is 0 Å². The van der Waals surface area contributed by atoms with Gasteiger partial charge in [0.1, 0.15) is 5.82 Å². The van der Waals surface area contributed by atoms with E-state index in [4.69, 9.17) is 0 Å². The van der Waals surface area contributed by atoms with Crippen molar-refractivity contribution in [2.45, 2.75) is 62.9 Å². The van der Waals surface area contributed by atoms with Crippen LogP contribution in [0.4, 0.5) is 0 Å². The maximum Gasteiger partial charge on any atom is 0.216 e. The number of aromatic nitrogens is 3. The molecule has 184 valence electrons. The lowest BCUT2D eigenvalue weighted by Gasteiger charge is -2.22. The van der Waals surface area contributed by atoms with E-state index >= 15 is 0 Å². The second kappa shape index (κ2) is 12.5. The first-order valence-electron chi connectivity index (χ1n) is 12.2. The number of halogens is 1. The Morgan fingerprint density at radius 1 is 1.03 bits per heavy atom. The highest BCUT2D eigenvalue weighted by Gasteiger charge is 2.18. The van der Waals surface area contributed by atoms with Crippen molar-refractivity contribution in [3.8, 4) is 5.69 Å². The second-order valence-corrected chi connectivity index (χ2v) is 10.8.